The molecular formula is C21H26N2O3S. The predicted octanol–water partition coefficient (Wildman–Crippen LogP) is 3.22. The lowest BCUT2D eigenvalue weighted by Crippen LogP contribution is -2.32. The summed E-state index contributed by atoms with van der Waals surface area (Å²) in [6.45, 7) is 1.69. The van der Waals surface area contributed by atoms with E-state index in [1.807, 2.05) is 30.3 Å². The minimum Gasteiger partial charge on any atom is -0.352 e. The predicted molar refractivity (Wildman–Crippen MR) is 106 cm³/mol. The van der Waals surface area contributed by atoms with Gasteiger partial charge in [-0.15, -0.1) is 0 Å². The van der Waals surface area contributed by atoms with Crippen molar-refractivity contribution in [3.05, 3.63) is 65.7 Å². The Morgan fingerprint density at radius 1 is 0.889 bits per heavy atom. The molecule has 0 spiro atoms. The molecule has 0 bridgehead atoms. The summed E-state index contributed by atoms with van der Waals surface area (Å²) in [7, 11) is -3.48. The molecule has 2 aromatic rings. The molecule has 1 aliphatic rings. The maximum Gasteiger partial charge on any atom is 0.251 e. The highest BCUT2D eigenvalue weighted by molar-refractivity contribution is 7.89. The van der Waals surface area contributed by atoms with Gasteiger partial charge in [0, 0.05) is 25.2 Å². The fraction of sp³-hybridized carbons (Fsp3) is 0.381. The number of benzene rings is 2. The molecule has 0 unspecified atom stereocenters. The number of rotatable bonds is 6. The van der Waals surface area contributed by atoms with Crippen molar-refractivity contribution in [2.45, 2.75) is 37.0 Å². The zero-order chi connectivity index (χ0) is 19.1. The minimum absolute atomic E-state index is 0.190. The lowest BCUT2D eigenvalue weighted by molar-refractivity contribution is 0.0954. The number of sulfonamides is 1. The summed E-state index contributed by atoms with van der Waals surface area (Å²) in [6, 6.07) is 16.2. The van der Waals surface area contributed by atoms with Gasteiger partial charge < -0.3 is 5.32 Å². The molecule has 0 aromatic heterocycles. The van der Waals surface area contributed by atoms with Crippen LogP contribution in [-0.2, 0) is 16.4 Å². The smallest absolute Gasteiger partial charge is 0.251 e. The summed E-state index contributed by atoms with van der Waals surface area (Å²) in [5.74, 6) is -0.190. The molecule has 5 nitrogen and oxygen atoms in total. The first-order chi connectivity index (χ1) is 13.1. The van der Waals surface area contributed by atoms with E-state index in [0.29, 0.717) is 25.2 Å². The van der Waals surface area contributed by atoms with Crippen molar-refractivity contribution >= 4 is 15.9 Å². The highest BCUT2D eigenvalue weighted by Gasteiger charge is 2.25. The molecule has 1 saturated heterocycles. The number of amides is 1. The maximum atomic E-state index is 12.8. The summed E-state index contributed by atoms with van der Waals surface area (Å²) in [6.07, 6.45) is 4.72. The Bertz CT molecular complexity index is 841. The van der Waals surface area contributed by atoms with Crippen LogP contribution in [-0.4, -0.2) is 38.3 Å². The first-order valence-electron chi connectivity index (χ1n) is 9.50. The Morgan fingerprint density at radius 2 is 1.52 bits per heavy atom. The van der Waals surface area contributed by atoms with Gasteiger partial charge in [0.05, 0.1) is 4.90 Å². The van der Waals surface area contributed by atoms with Crippen molar-refractivity contribution in [1.29, 1.82) is 0 Å². The SMILES string of the molecule is O=C(NCCc1ccccc1)c1ccc(S(=O)(=O)N2CCCCCC2)cc1. The topological polar surface area (TPSA) is 66.5 Å². The number of hydrogen-bond donors (Lipinski definition) is 1. The highest BCUT2D eigenvalue weighted by atomic mass is 32.2. The second-order valence-electron chi connectivity index (χ2n) is 6.83. The van der Waals surface area contributed by atoms with Crippen LogP contribution in [0.5, 0.6) is 0 Å². The van der Waals surface area contributed by atoms with Gasteiger partial charge in [-0.1, -0.05) is 43.2 Å². The van der Waals surface area contributed by atoms with Crippen molar-refractivity contribution < 1.29 is 13.2 Å². The highest BCUT2D eigenvalue weighted by Crippen LogP contribution is 2.20. The van der Waals surface area contributed by atoms with Crippen molar-refractivity contribution in [3.8, 4) is 0 Å². The summed E-state index contributed by atoms with van der Waals surface area (Å²) < 4.78 is 27.1. The molecule has 1 fully saturated rings. The number of carbonyl (C=O) groups excluding carboxylic acids is 1. The van der Waals surface area contributed by atoms with Crippen LogP contribution in [0.15, 0.2) is 59.5 Å². The number of hydrogen-bond acceptors (Lipinski definition) is 3. The molecule has 2 aromatic carbocycles. The van der Waals surface area contributed by atoms with Crippen molar-refractivity contribution in [3.63, 3.8) is 0 Å². The summed E-state index contributed by atoms with van der Waals surface area (Å²) >= 11 is 0. The van der Waals surface area contributed by atoms with Gasteiger partial charge >= 0.3 is 0 Å². The van der Waals surface area contributed by atoms with E-state index >= 15 is 0 Å². The molecule has 6 heteroatoms. The zero-order valence-electron chi connectivity index (χ0n) is 15.4. The monoisotopic (exact) mass is 386 g/mol. The molecule has 1 N–H and O–H groups in total. The quantitative estimate of drug-likeness (QED) is 0.829. The molecule has 1 aliphatic heterocycles. The normalized spacial score (nSPS) is 15.9. The van der Waals surface area contributed by atoms with E-state index in [9.17, 15) is 13.2 Å². The Kier molecular flexibility index (Phi) is 6.63. The third-order valence-electron chi connectivity index (χ3n) is 4.86. The second-order valence-corrected chi connectivity index (χ2v) is 8.77. The summed E-state index contributed by atoms with van der Waals surface area (Å²) in [5.41, 5.74) is 1.63. The number of carbonyl (C=O) groups is 1. The second kappa shape index (κ2) is 9.15. The third kappa shape index (κ3) is 5.17. The van der Waals surface area contributed by atoms with Gasteiger partial charge in [-0.05, 0) is 49.1 Å². The van der Waals surface area contributed by atoms with Crippen molar-refractivity contribution in [1.82, 2.24) is 9.62 Å². The molecule has 0 aliphatic carbocycles. The first kappa shape index (κ1) is 19.6. The van der Waals surface area contributed by atoms with Crippen LogP contribution in [0.25, 0.3) is 0 Å². The zero-order valence-corrected chi connectivity index (χ0v) is 16.2. The Labute approximate surface area is 161 Å². The molecule has 3 rings (SSSR count). The van der Waals surface area contributed by atoms with E-state index in [1.54, 1.807) is 16.4 Å². The standard InChI is InChI=1S/C21H26N2O3S/c24-21(22-15-14-18-8-4-3-5-9-18)19-10-12-20(13-11-19)27(25,26)23-16-6-1-2-7-17-23/h3-5,8-13H,1-2,6-7,14-17H2,(H,22,24). The Morgan fingerprint density at radius 3 is 2.15 bits per heavy atom. The number of nitrogens with zero attached hydrogens (tertiary/aromatic N) is 1. The van der Waals surface area contributed by atoms with Crippen LogP contribution in [0, 0.1) is 0 Å². The van der Waals surface area contributed by atoms with Gasteiger partial charge in [-0.3, -0.25) is 4.79 Å². The minimum atomic E-state index is -3.48. The third-order valence-corrected chi connectivity index (χ3v) is 6.77. The Balaban J connectivity index is 1.59. The van der Waals surface area contributed by atoms with Gasteiger partial charge in [-0.25, -0.2) is 8.42 Å². The van der Waals surface area contributed by atoms with Crippen molar-refractivity contribution in [2.75, 3.05) is 19.6 Å². The van der Waals surface area contributed by atoms with Gasteiger partial charge in [0.1, 0.15) is 0 Å². The average molecular weight is 387 g/mol. The fourth-order valence-corrected chi connectivity index (χ4v) is 4.79. The lowest BCUT2D eigenvalue weighted by Gasteiger charge is -2.20. The fourth-order valence-electron chi connectivity index (χ4n) is 3.28. The molecule has 0 saturated carbocycles. The van der Waals surface area contributed by atoms with Gasteiger partial charge in [-0.2, -0.15) is 4.31 Å². The Hall–Kier alpha value is -2.18. The maximum absolute atomic E-state index is 12.8. The van der Waals surface area contributed by atoms with E-state index in [4.69, 9.17) is 0 Å². The van der Waals surface area contributed by atoms with Crippen molar-refractivity contribution in [2.24, 2.45) is 0 Å². The summed E-state index contributed by atoms with van der Waals surface area (Å²) in [4.78, 5) is 12.5. The van der Waals surface area contributed by atoms with Crippen LogP contribution in [0.3, 0.4) is 0 Å². The van der Waals surface area contributed by atoms with Crippen LogP contribution in [0.4, 0.5) is 0 Å². The van der Waals surface area contributed by atoms with E-state index in [-0.39, 0.29) is 10.8 Å². The molecule has 144 valence electrons. The van der Waals surface area contributed by atoms with Crippen LogP contribution >= 0.6 is 0 Å². The molecule has 27 heavy (non-hydrogen) atoms. The first-order valence-corrected chi connectivity index (χ1v) is 10.9. The molecule has 0 radical (unpaired) electrons. The van der Waals surface area contributed by atoms with Crippen LogP contribution in [0.2, 0.25) is 0 Å². The van der Waals surface area contributed by atoms with E-state index in [1.165, 1.54) is 12.1 Å². The number of nitrogens with one attached hydrogen (secondary N) is 1. The average Bonchev–Trinajstić information content (AvgIpc) is 2.99. The lowest BCUT2D eigenvalue weighted by atomic mass is 10.1. The van der Waals surface area contributed by atoms with Crippen LogP contribution < -0.4 is 5.32 Å². The molecule has 0 atom stereocenters. The van der Waals surface area contributed by atoms with Crippen LogP contribution in [0.1, 0.15) is 41.6 Å². The molecular weight excluding hydrogens is 360 g/mol. The van der Waals surface area contributed by atoms with E-state index in [0.717, 1.165) is 37.7 Å². The van der Waals surface area contributed by atoms with Gasteiger partial charge in [0.25, 0.3) is 5.91 Å². The molecule has 1 amide bonds. The summed E-state index contributed by atoms with van der Waals surface area (Å²) in [5, 5.41) is 2.88. The van der Waals surface area contributed by atoms with E-state index < -0.39 is 10.0 Å². The van der Waals surface area contributed by atoms with Gasteiger partial charge in [0.2, 0.25) is 10.0 Å². The van der Waals surface area contributed by atoms with Gasteiger partial charge in [0.15, 0.2) is 0 Å². The van der Waals surface area contributed by atoms with E-state index in [2.05, 4.69) is 5.32 Å². The largest absolute Gasteiger partial charge is 0.352 e. The molecule has 1 heterocycles.